The fourth-order valence-corrected chi connectivity index (χ4v) is 2.83. The van der Waals surface area contributed by atoms with Gasteiger partial charge >= 0.3 is 6.09 Å². The molecule has 0 aliphatic carbocycles. The largest absolute Gasteiger partial charge is 0.442 e. The lowest BCUT2D eigenvalue weighted by atomic mass is 10.1. The number of hydrogen-bond acceptors (Lipinski definition) is 3. The van der Waals surface area contributed by atoms with E-state index >= 15 is 0 Å². The number of carbonyl (C=O) groups is 2. The summed E-state index contributed by atoms with van der Waals surface area (Å²) in [7, 11) is 0. The van der Waals surface area contributed by atoms with Crippen molar-refractivity contribution in [2.45, 2.75) is 25.9 Å². The van der Waals surface area contributed by atoms with Crippen molar-refractivity contribution < 1.29 is 18.7 Å². The van der Waals surface area contributed by atoms with Crippen LogP contribution in [0.15, 0.2) is 48.5 Å². The summed E-state index contributed by atoms with van der Waals surface area (Å²) >= 11 is 0. The molecule has 2 amide bonds. The minimum Gasteiger partial charge on any atom is -0.442 e. The average molecular weight is 356 g/mol. The van der Waals surface area contributed by atoms with Crippen LogP contribution in [0.3, 0.4) is 0 Å². The molecule has 1 aliphatic heterocycles. The molecule has 2 aromatic rings. The van der Waals surface area contributed by atoms with Gasteiger partial charge in [-0.05, 0) is 41.8 Å². The number of anilines is 1. The van der Waals surface area contributed by atoms with Gasteiger partial charge in [0.05, 0.1) is 19.5 Å². The van der Waals surface area contributed by atoms with Crippen LogP contribution in [0.25, 0.3) is 0 Å². The third kappa shape index (κ3) is 4.39. The molecule has 0 saturated carbocycles. The number of ether oxygens (including phenoxy) is 1. The van der Waals surface area contributed by atoms with Gasteiger partial charge in [0.2, 0.25) is 5.91 Å². The quantitative estimate of drug-likeness (QED) is 0.865. The third-order valence-electron chi connectivity index (χ3n) is 4.34. The maximum Gasteiger partial charge on any atom is 0.414 e. The van der Waals surface area contributed by atoms with Crippen LogP contribution >= 0.6 is 0 Å². The fourth-order valence-electron chi connectivity index (χ4n) is 2.83. The summed E-state index contributed by atoms with van der Waals surface area (Å²) in [6.45, 7) is 2.71. The van der Waals surface area contributed by atoms with Crippen LogP contribution < -0.4 is 10.2 Å². The van der Waals surface area contributed by atoms with Crippen molar-refractivity contribution >= 4 is 17.7 Å². The predicted molar refractivity (Wildman–Crippen MR) is 96.5 cm³/mol. The number of hydrogen-bond donors (Lipinski definition) is 1. The minimum absolute atomic E-state index is 0.156. The molecule has 1 aliphatic rings. The average Bonchev–Trinajstić information content (AvgIpc) is 3.03. The number of amides is 2. The Morgan fingerprint density at radius 3 is 2.46 bits per heavy atom. The molecule has 26 heavy (non-hydrogen) atoms. The Balaban J connectivity index is 1.50. The zero-order valence-corrected chi connectivity index (χ0v) is 14.6. The van der Waals surface area contributed by atoms with Crippen molar-refractivity contribution in [2.75, 3.05) is 18.0 Å². The van der Waals surface area contributed by atoms with Crippen molar-refractivity contribution in [1.82, 2.24) is 5.32 Å². The highest BCUT2D eigenvalue weighted by molar-refractivity contribution is 5.89. The summed E-state index contributed by atoms with van der Waals surface area (Å²) in [5, 5.41) is 2.76. The van der Waals surface area contributed by atoms with Crippen LogP contribution in [-0.2, 0) is 22.4 Å². The summed E-state index contributed by atoms with van der Waals surface area (Å²) in [6, 6.07) is 13.6. The summed E-state index contributed by atoms with van der Waals surface area (Å²) in [5.74, 6) is -0.530. The molecule has 1 saturated heterocycles. The SMILES string of the molecule is CCc1ccc(N2CC(CNC(=O)Cc3ccc(F)cc3)OC2=O)cc1. The van der Waals surface area contributed by atoms with Gasteiger partial charge in [-0.3, -0.25) is 9.69 Å². The van der Waals surface area contributed by atoms with Gasteiger partial charge in [-0.15, -0.1) is 0 Å². The monoisotopic (exact) mass is 356 g/mol. The molecule has 0 aromatic heterocycles. The van der Waals surface area contributed by atoms with E-state index in [1.165, 1.54) is 17.7 Å². The minimum atomic E-state index is -0.410. The van der Waals surface area contributed by atoms with Crippen molar-refractivity contribution in [1.29, 1.82) is 0 Å². The van der Waals surface area contributed by atoms with E-state index in [0.717, 1.165) is 17.7 Å². The highest BCUT2D eigenvalue weighted by atomic mass is 19.1. The van der Waals surface area contributed by atoms with Crippen LogP contribution in [0.4, 0.5) is 14.9 Å². The van der Waals surface area contributed by atoms with Crippen LogP contribution in [0.5, 0.6) is 0 Å². The van der Waals surface area contributed by atoms with Crippen molar-refractivity contribution in [3.63, 3.8) is 0 Å². The van der Waals surface area contributed by atoms with Crippen molar-refractivity contribution in [3.8, 4) is 0 Å². The number of nitrogens with one attached hydrogen (secondary N) is 1. The van der Waals surface area contributed by atoms with Gasteiger partial charge in [0.1, 0.15) is 11.9 Å². The topological polar surface area (TPSA) is 58.6 Å². The second kappa shape index (κ2) is 7.99. The van der Waals surface area contributed by atoms with Gasteiger partial charge in [0.15, 0.2) is 0 Å². The number of nitrogens with zero attached hydrogens (tertiary/aromatic N) is 1. The zero-order valence-electron chi connectivity index (χ0n) is 14.6. The Kier molecular flexibility index (Phi) is 5.51. The van der Waals surface area contributed by atoms with Crippen LogP contribution in [-0.4, -0.2) is 31.2 Å². The molecule has 3 rings (SSSR count). The number of halogens is 1. The molecule has 0 bridgehead atoms. The predicted octanol–water partition coefficient (Wildman–Crippen LogP) is 3.07. The molecule has 1 heterocycles. The third-order valence-corrected chi connectivity index (χ3v) is 4.34. The molecule has 1 fully saturated rings. The first-order chi connectivity index (χ1) is 12.5. The van der Waals surface area contributed by atoms with Gasteiger partial charge < -0.3 is 10.1 Å². The molecular weight excluding hydrogens is 335 g/mol. The van der Waals surface area contributed by atoms with E-state index < -0.39 is 12.2 Å². The van der Waals surface area contributed by atoms with Crippen molar-refractivity contribution in [2.24, 2.45) is 0 Å². The van der Waals surface area contributed by atoms with E-state index in [4.69, 9.17) is 4.74 Å². The van der Waals surface area contributed by atoms with Gasteiger partial charge in [0.25, 0.3) is 0 Å². The highest BCUT2D eigenvalue weighted by Gasteiger charge is 2.32. The van der Waals surface area contributed by atoms with E-state index in [1.54, 1.807) is 17.0 Å². The maximum atomic E-state index is 12.9. The first-order valence-electron chi connectivity index (χ1n) is 8.63. The first kappa shape index (κ1) is 17.9. The fraction of sp³-hybridized carbons (Fsp3) is 0.300. The Morgan fingerprint density at radius 2 is 1.81 bits per heavy atom. The molecule has 0 spiro atoms. The maximum absolute atomic E-state index is 12.9. The second-order valence-electron chi connectivity index (χ2n) is 6.24. The highest BCUT2D eigenvalue weighted by Crippen LogP contribution is 2.22. The Labute approximate surface area is 151 Å². The lowest BCUT2D eigenvalue weighted by molar-refractivity contribution is -0.120. The second-order valence-corrected chi connectivity index (χ2v) is 6.24. The Morgan fingerprint density at radius 1 is 1.15 bits per heavy atom. The molecule has 136 valence electrons. The molecule has 1 N–H and O–H groups in total. The summed E-state index contributed by atoms with van der Waals surface area (Å²) in [4.78, 5) is 25.6. The van der Waals surface area contributed by atoms with E-state index in [-0.39, 0.29) is 24.7 Å². The summed E-state index contributed by atoms with van der Waals surface area (Å²) < 4.78 is 18.2. The van der Waals surface area contributed by atoms with Gasteiger partial charge in [-0.25, -0.2) is 9.18 Å². The van der Waals surface area contributed by atoms with Crippen molar-refractivity contribution in [3.05, 3.63) is 65.5 Å². The molecular formula is C20H21FN2O3. The summed E-state index contributed by atoms with van der Waals surface area (Å²) in [6.07, 6.45) is 0.286. The molecule has 0 radical (unpaired) electrons. The molecule has 1 atom stereocenters. The molecule has 5 nitrogen and oxygen atoms in total. The number of carbonyl (C=O) groups excluding carboxylic acids is 2. The van der Waals surface area contributed by atoms with Gasteiger partial charge in [-0.1, -0.05) is 31.2 Å². The Hall–Kier alpha value is -2.89. The van der Waals surface area contributed by atoms with Gasteiger partial charge in [0, 0.05) is 5.69 Å². The number of aryl methyl sites for hydroxylation is 1. The lowest BCUT2D eigenvalue weighted by Gasteiger charge is -2.13. The van der Waals surface area contributed by atoms with Crippen LogP contribution in [0.2, 0.25) is 0 Å². The standard InChI is InChI=1S/C20H21FN2O3/c1-2-14-5-9-17(10-6-14)23-13-18(26-20(23)25)12-22-19(24)11-15-3-7-16(21)8-4-15/h3-10,18H,2,11-13H2,1H3,(H,22,24). The molecule has 6 heteroatoms. The molecule has 2 aromatic carbocycles. The number of rotatable bonds is 6. The van der Waals surface area contributed by atoms with Crippen LogP contribution in [0, 0.1) is 5.82 Å². The Bertz CT molecular complexity index is 775. The van der Waals surface area contributed by atoms with E-state index in [1.807, 2.05) is 24.3 Å². The smallest absolute Gasteiger partial charge is 0.414 e. The molecule has 1 unspecified atom stereocenters. The number of benzene rings is 2. The number of cyclic esters (lactones) is 1. The van der Waals surface area contributed by atoms with E-state index in [9.17, 15) is 14.0 Å². The first-order valence-corrected chi connectivity index (χ1v) is 8.63. The normalized spacial score (nSPS) is 16.5. The van der Waals surface area contributed by atoms with E-state index in [0.29, 0.717) is 6.54 Å². The van der Waals surface area contributed by atoms with Gasteiger partial charge in [-0.2, -0.15) is 0 Å². The van der Waals surface area contributed by atoms with Crippen LogP contribution in [0.1, 0.15) is 18.1 Å². The zero-order chi connectivity index (χ0) is 18.5. The lowest BCUT2D eigenvalue weighted by Crippen LogP contribution is -2.35. The van der Waals surface area contributed by atoms with E-state index in [2.05, 4.69) is 12.2 Å². The summed E-state index contributed by atoms with van der Waals surface area (Å²) in [5.41, 5.74) is 2.71.